The van der Waals surface area contributed by atoms with Crippen molar-refractivity contribution >= 4 is 0 Å². The predicted octanol–water partition coefficient (Wildman–Crippen LogP) is 3.83. The Morgan fingerprint density at radius 1 is 0.839 bits per heavy atom. The van der Waals surface area contributed by atoms with Crippen molar-refractivity contribution in [2.75, 3.05) is 47.1 Å². The number of methoxy groups -OCH3 is 2. The highest BCUT2D eigenvalue weighted by atomic mass is 16.5. The van der Waals surface area contributed by atoms with Crippen molar-refractivity contribution in [3.63, 3.8) is 0 Å². The molecule has 0 unspecified atom stereocenters. The number of rotatable bonds is 12. The third kappa shape index (κ3) is 6.86. The number of hydrogen-bond acceptors (Lipinski definition) is 5. The van der Waals surface area contributed by atoms with Crippen molar-refractivity contribution in [3.05, 3.63) is 71.8 Å². The van der Waals surface area contributed by atoms with Crippen LogP contribution in [0.1, 0.15) is 25.0 Å². The zero-order valence-corrected chi connectivity index (χ0v) is 19.5. The second-order valence-electron chi connectivity index (χ2n) is 9.00. The first-order valence-corrected chi connectivity index (χ1v) is 11.2. The third-order valence-corrected chi connectivity index (χ3v) is 6.14. The summed E-state index contributed by atoms with van der Waals surface area (Å²) in [6.45, 7) is 10.1. The lowest BCUT2D eigenvalue weighted by Gasteiger charge is -2.36. The van der Waals surface area contributed by atoms with E-state index in [-0.39, 0.29) is 17.7 Å². The van der Waals surface area contributed by atoms with Gasteiger partial charge in [0.2, 0.25) is 0 Å². The first-order chi connectivity index (χ1) is 15.0. The third-order valence-electron chi connectivity index (χ3n) is 6.14. The zero-order valence-electron chi connectivity index (χ0n) is 19.5. The van der Waals surface area contributed by atoms with Crippen molar-refractivity contribution in [2.24, 2.45) is 0 Å². The number of hydrogen-bond donors (Lipinski definition) is 0. The lowest BCUT2D eigenvalue weighted by atomic mass is 10.1. The van der Waals surface area contributed by atoms with Crippen LogP contribution in [0.25, 0.3) is 0 Å². The summed E-state index contributed by atoms with van der Waals surface area (Å²) in [5.41, 5.74) is 2.60. The first kappa shape index (κ1) is 23.9. The fourth-order valence-electron chi connectivity index (χ4n) is 4.42. The Hall–Kier alpha value is -1.76. The molecule has 5 nitrogen and oxygen atoms in total. The summed E-state index contributed by atoms with van der Waals surface area (Å²) < 4.78 is 17.1. The Kier molecular flexibility index (Phi) is 9.05. The van der Waals surface area contributed by atoms with Crippen molar-refractivity contribution in [1.29, 1.82) is 0 Å². The van der Waals surface area contributed by atoms with E-state index in [1.807, 2.05) is 0 Å². The van der Waals surface area contributed by atoms with Crippen LogP contribution in [-0.2, 0) is 27.3 Å². The van der Waals surface area contributed by atoms with Crippen molar-refractivity contribution < 1.29 is 14.2 Å². The molecule has 0 amide bonds. The van der Waals surface area contributed by atoms with Gasteiger partial charge < -0.3 is 14.2 Å². The maximum absolute atomic E-state index is 6.37. The summed E-state index contributed by atoms with van der Waals surface area (Å²) in [5.74, 6) is 0. The van der Waals surface area contributed by atoms with Gasteiger partial charge in [-0.15, -0.1) is 0 Å². The minimum Gasteiger partial charge on any atom is -0.383 e. The van der Waals surface area contributed by atoms with Gasteiger partial charge >= 0.3 is 0 Å². The van der Waals surface area contributed by atoms with Crippen LogP contribution in [0.15, 0.2) is 60.7 Å². The number of benzene rings is 2. The van der Waals surface area contributed by atoms with Gasteiger partial charge in [-0.25, -0.2) is 0 Å². The van der Waals surface area contributed by atoms with Gasteiger partial charge in [-0.1, -0.05) is 60.7 Å². The van der Waals surface area contributed by atoms with Crippen molar-refractivity contribution in [3.8, 4) is 0 Å². The molecule has 0 radical (unpaired) electrons. The Balaban J connectivity index is 1.84. The molecule has 1 fully saturated rings. The van der Waals surface area contributed by atoms with Gasteiger partial charge in [-0.05, 0) is 25.0 Å². The minimum absolute atomic E-state index is 0.0441. The lowest BCUT2D eigenvalue weighted by Crippen LogP contribution is -2.47. The normalized spacial score (nSPS) is 19.9. The van der Waals surface area contributed by atoms with Gasteiger partial charge in [-0.3, -0.25) is 9.80 Å². The second-order valence-corrected chi connectivity index (χ2v) is 9.00. The molecule has 0 bridgehead atoms. The van der Waals surface area contributed by atoms with E-state index < -0.39 is 0 Å². The predicted molar refractivity (Wildman–Crippen MR) is 125 cm³/mol. The summed E-state index contributed by atoms with van der Waals surface area (Å²) >= 11 is 0. The second kappa shape index (κ2) is 11.7. The van der Waals surface area contributed by atoms with Crippen LogP contribution in [0.5, 0.6) is 0 Å². The maximum Gasteiger partial charge on any atom is 0.0870 e. The highest BCUT2D eigenvalue weighted by Gasteiger charge is 2.42. The Morgan fingerprint density at radius 3 is 1.94 bits per heavy atom. The SMILES string of the molecule is COCCO[C@@H]1CN(C(C)(C)COC)C[C@H]1N(Cc1ccccc1)Cc1ccccc1. The molecule has 1 aliphatic heterocycles. The van der Waals surface area contributed by atoms with E-state index in [2.05, 4.69) is 84.3 Å². The zero-order chi connectivity index (χ0) is 22.1. The minimum atomic E-state index is -0.0441. The molecule has 1 heterocycles. The van der Waals surface area contributed by atoms with Crippen LogP contribution in [0.2, 0.25) is 0 Å². The monoisotopic (exact) mass is 426 g/mol. The molecule has 2 aromatic rings. The highest BCUT2D eigenvalue weighted by molar-refractivity contribution is 5.18. The molecule has 31 heavy (non-hydrogen) atoms. The van der Waals surface area contributed by atoms with Gasteiger partial charge in [0.15, 0.2) is 0 Å². The van der Waals surface area contributed by atoms with Crippen LogP contribution >= 0.6 is 0 Å². The summed E-state index contributed by atoms with van der Waals surface area (Å²) in [5, 5.41) is 0. The molecule has 2 atom stereocenters. The number of likely N-dealkylation sites (tertiary alicyclic amines) is 1. The summed E-state index contributed by atoms with van der Waals surface area (Å²) in [4.78, 5) is 5.09. The average molecular weight is 427 g/mol. The van der Waals surface area contributed by atoms with Crippen molar-refractivity contribution in [1.82, 2.24) is 9.80 Å². The van der Waals surface area contributed by atoms with E-state index in [0.29, 0.717) is 19.8 Å². The molecular formula is C26H38N2O3. The molecule has 0 N–H and O–H groups in total. The Labute approximate surface area is 187 Å². The van der Waals surface area contributed by atoms with Crippen LogP contribution in [-0.4, -0.2) is 74.6 Å². The summed E-state index contributed by atoms with van der Waals surface area (Å²) in [7, 11) is 3.50. The Bertz CT molecular complexity index is 712. The summed E-state index contributed by atoms with van der Waals surface area (Å²) in [6, 6.07) is 21.7. The van der Waals surface area contributed by atoms with Gasteiger partial charge in [0.1, 0.15) is 0 Å². The number of ether oxygens (including phenoxy) is 3. The molecule has 0 spiro atoms. The molecule has 5 heteroatoms. The van der Waals surface area contributed by atoms with E-state index >= 15 is 0 Å². The van der Waals surface area contributed by atoms with Crippen LogP contribution in [0.3, 0.4) is 0 Å². The fourth-order valence-corrected chi connectivity index (χ4v) is 4.42. The van der Waals surface area contributed by atoms with E-state index in [1.165, 1.54) is 11.1 Å². The molecule has 0 aliphatic carbocycles. The van der Waals surface area contributed by atoms with Crippen LogP contribution < -0.4 is 0 Å². The van der Waals surface area contributed by atoms with Gasteiger partial charge in [0.05, 0.1) is 32.0 Å². The van der Waals surface area contributed by atoms with E-state index in [9.17, 15) is 0 Å². The molecule has 1 saturated heterocycles. The highest BCUT2D eigenvalue weighted by Crippen LogP contribution is 2.28. The van der Waals surface area contributed by atoms with Crippen LogP contribution in [0.4, 0.5) is 0 Å². The van der Waals surface area contributed by atoms with E-state index in [0.717, 1.165) is 26.2 Å². The molecule has 1 aliphatic rings. The summed E-state index contributed by atoms with van der Waals surface area (Å²) in [6.07, 6.45) is 0.124. The largest absolute Gasteiger partial charge is 0.383 e. The van der Waals surface area contributed by atoms with Crippen LogP contribution in [0, 0.1) is 0 Å². The Morgan fingerprint density at radius 2 is 1.42 bits per heavy atom. The molecule has 170 valence electrons. The topological polar surface area (TPSA) is 34.2 Å². The van der Waals surface area contributed by atoms with Gasteiger partial charge in [0, 0.05) is 45.9 Å². The average Bonchev–Trinajstić information content (AvgIpc) is 3.20. The molecule has 0 saturated carbocycles. The maximum atomic E-state index is 6.37. The van der Waals surface area contributed by atoms with E-state index in [4.69, 9.17) is 14.2 Å². The molecule has 0 aromatic heterocycles. The van der Waals surface area contributed by atoms with Crippen molar-refractivity contribution in [2.45, 2.75) is 44.6 Å². The smallest absolute Gasteiger partial charge is 0.0870 e. The quantitative estimate of drug-likeness (QED) is 0.482. The molecule has 3 rings (SSSR count). The molecule has 2 aromatic carbocycles. The number of nitrogens with zero attached hydrogens (tertiary/aromatic N) is 2. The first-order valence-electron chi connectivity index (χ1n) is 11.2. The molecular weight excluding hydrogens is 388 g/mol. The van der Waals surface area contributed by atoms with Gasteiger partial charge in [0.25, 0.3) is 0 Å². The fraction of sp³-hybridized carbons (Fsp3) is 0.538. The van der Waals surface area contributed by atoms with Gasteiger partial charge in [-0.2, -0.15) is 0 Å². The standard InChI is InChI=1S/C26H38N2O3/c1-26(2,21-30-4)28-19-24(25(20-28)31-16-15-29-3)27(17-22-11-7-5-8-12-22)18-23-13-9-6-10-14-23/h5-14,24-25H,15-21H2,1-4H3/t24-,25-/m1/s1. The van der Waals surface area contributed by atoms with E-state index in [1.54, 1.807) is 14.2 Å². The lowest BCUT2D eigenvalue weighted by molar-refractivity contribution is -0.0190.